The fourth-order valence-corrected chi connectivity index (χ4v) is 3.91. The molecule has 5 nitrogen and oxygen atoms in total. The average molecular weight is 380 g/mol. The highest BCUT2D eigenvalue weighted by Crippen LogP contribution is 2.24. The summed E-state index contributed by atoms with van der Waals surface area (Å²) in [5, 5.41) is 6.33. The van der Waals surface area contributed by atoms with Gasteiger partial charge in [0.1, 0.15) is 0 Å². The van der Waals surface area contributed by atoms with Crippen LogP contribution in [0.5, 0.6) is 0 Å². The van der Waals surface area contributed by atoms with E-state index in [2.05, 4.69) is 15.0 Å². The van der Waals surface area contributed by atoms with Crippen molar-refractivity contribution in [3.63, 3.8) is 0 Å². The molecule has 2 N–H and O–H groups in total. The van der Waals surface area contributed by atoms with E-state index in [0.29, 0.717) is 10.7 Å². The molecule has 1 heterocycles. The van der Waals surface area contributed by atoms with Crippen LogP contribution < -0.4 is 10.0 Å². The minimum absolute atomic E-state index is 0.154. The van der Waals surface area contributed by atoms with E-state index >= 15 is 0 Å². The number of aryl methyl sites for hydroxylation is 1. The average Bonchev–Trinajstić information content (AvgIpc) is 2.92. The van der Waals surface area contributed by atoms with Crippen molar-refractivity contribution in [1.82, 2.24) is 4.98 Å². The van der Waals surface area contributed by atoms with Crippen LogP contribution in [0.3, 0.4) is 0 Å². The molecular formula is C16H14ClN3O2S2. The van der Waals surface area contributed by atoms with Crippen LogP contribution in [0.15, 0.2) is 58.8 Å². The first-order valence-corrected chi connectivity index (χ1v) is 9.74. The lowest BCUT2D eigenvalue weighted by Crippen LogP contribution is -2.12. The molecule has 0 saturated carbocycles. The molecule has 0 fully saturated rings. The van der Waals surface area contributed by atoms with Crippen molar-refractivity contribution in [2.75, 3.05) is 10.0 Å². The molecule has 0 unspecified atom stereocenters. The number of hydrogen-bond acceptors (Lipinski definition) is 5. The van der Waals surface area contributed by atoms with Gasteiger partial charge in [0.2, 0.25) is 0 Å². The number of nitrogens with one attached hydrogen (secondary N) is 2. The summed E-state index contributed by atoms with van der Waals surface area (Å²) in [5.74, 6) is 0. The Morgan fingerprint density at radius 1 is 1.08 bits per heavy atom. The first-order chi connectivity index (χ1) is 11.4. The normalized spacial score (nSPS) is 11.2. The molecule has 2 aromatic carbocycles. The van der Waals surface area contributed by atoms with Crippen molar-refractivity contribution in [2.24, 2.45) is 0 Å². The Kier molecular flexibility index (Phi) is 4.75. The summed E-state index contributed by atoms with van der Waals surface area (Å²) in [5.41, 5.74) is 2.14. The van der Waals surface area contributed by atoms with E-state index in [9.17, 15) is 8.42 Å². The monoisotopic (exact) mass is 379 g/mol. The highest BCUT2D eigenvalue weighted by atomic mass is 35.5. The molecular weight excluding hydrogens is 366 g/mol. The van der Waals surface area contributed by atoms with Crippen LogP contribution in [0.25, 0.3) is 0 Å². The number of rotatable bonds is 5. The number of nitrogens with zero attached hydrogens (tertiary/aromatic N) is 1. The Labute approximate surface area is 149 Å². The molecule has 3 rings (SSSR count). The molecule has 0 amide bonds. The zero-order valence-corrected chi connectivity index (χ0v) is 15.0. The van der Waals surface area contributed by atoms with Crippen molar-refractivity contribution in [1.29, 1.82) is 0 Å². The van der Waals surface area contributed by atoms with Crippen LogP contribution in [-0.2, 0) is 10.0 Å². The van der Waals surface area contributed by atoms with Gasteiger partial charge in [0.05, 0.1) is 16.3 Å². The lowest BCUT2D eigenvalue weighted by atomic mass is 10.3. The summed E-state index contributed by atoms with van der Waals surface area (Å²) < 4.78 is 27.4. The largest absolute Gasteiger partial charge is 0.331 e. The highest BCUT2D eigenvalue weighted by Gasteiger charge is 2.14. The van der Waals surface area contributed by atoms with Crippen LogP contribution in [0, 0.1) is 6.92 Å². The summed E-state index contributed by atoms with van der Waals surface area (Å²) in [7, 11) is -3.67. The molecule has 0 spiro atoms. The summed E-state index contributed by atoms with van der Waals surface area (Å²) in [6.45, 7) is 1.92. The van der Waals surface area contributed by atoms with E-state index in [1.807, 2.05) is 18.4 Å². The molecule has 124 valence electrons. The van der Waals surface area contributed by atoms with Gasteiger partial charge in [-0.25, -0.2) is 13.4 Å². The molecule has 3 aromatic rings. The predicted molar refractivity (Wildman–Crippen MR) is 98.8 cm³/mol. The summed E-state index contributed by atoms with van der Waals surface area (Å²) in [6.07, 6.45) is 0. The third kappa shape index (κ3) is 4.05. The van der Waals surface area contributed by atoms with E-state index in [1.54, 1.807) is 30.3 Å². The summed E-state index contributed by atoms with van der Waals surface area (Å²) in [6, 6.07) is 13.0. The van der Waals surface area contributed by atoms with Crippen LogP contribution in [0.2, 0.25) is 5.02 Å². The van der Waals surface area contributed by atoms with Crippen LogP contribution in [0.1, 0.15) is 5.69 Å². The number of sulfonamides is 1. The van der Waals surface area contributed by atoms with Crippen LogP contribution in [-0.4, -0.2) is 13.4 Å². The van der Waals surface area contributed by atoms with Gasteiger partial charge in [-0.15, -0.1) is 11.3 Å². The third-order valence-corrected chi connectivity index (χ3v) is 5.63. The Bertz CT molecular complexity index is 953. The first-order valence-electron chi connectivity index (χ1n) is 7.00. The molecule has 0 radical (unpaired) electrons. The van der Waals surface area contributed by atoms with Gasteiger partial charge in [-0.1, -0.05) is 17.7 Å². The number of thiazole rings is 1. The summed E-state index contributed by atoms with van der Waals surface area (Å²) in [4.78, 5) is 4.48. The van der Waals surface area contributed by atoms with Gasteiger partial charge >= 0.3 is 0 Å². The van der Waals surface area contributed by atoms with E-state index in [-0.39, 0.29) is 4.90 Å². The quantitative estimate of drug-likeness (QED) is 0.676. The maximum Gasteiger partial charge on any atom is 0.261 e. The highest BCUT2D eigenvalue weighted by molar-refractivity contribution is 7.92. The molecule has 0 aliphatic rings. The Morgan fingerprint density at radius 2 is 1.79 bits per heavy atom. The molecule has 0 bridgehead atoms. The fraction of sp³-hybridized carbons (Fsp3) is 0.0625. The van der Waals surface area contributed by atoms with Crippen molar-refractivity contribution < 1.29 is 8.42 Å². The molecule has 24 heavy (non-hydrogen) atoms. The Morgan fingerprint density at radius 3 is 2.46 bits per heavy atom. The minimum Gasteiger partial charge on any atom is -0.331 e. The number of anilines is 3. The number of halogens is 1. The zero-order chi connectivity index (χ0) is 17.2. The molecule has 1 aromatic heterocycles. The second kappa shape index (κ2) is 6.80. The van der Waals surface area contributed by atoms with Gasteiger partial charge in [-0.3, -0.25) is 4.72 Å². The van der Waals surface area contributed by atoms with Crippen molar-refractivity contribution >= 4 is 49.5 Å². The zero-order valence-electron chi connectivity index (χ0n) is 12.7. The van der Waals surface area contributed by atoms with Crippen LogP contribution >= 0.6 is 22.9 Å². The lowest BCUT2D eigenvalue weighted by molar-refractivity contribution is 0.601. The van der Waals surface area contributed by atoms with Crippen molar-refractivity contribution in [3.8, 4) is 0 Å². The SMILES string of the molecule is Cc1csc(Nc2cccc(NS(=O)(=O)c3ccc(Cl)cc3)c2)n1. The van der Waals surface area contributed by atoms with Crippen molar-refractivity contribution in [2.45, 2.75) is 11.8 Å². The van der Waals surface area contributed by atoms with E-state index in [4.69, 9.17) is 11.6 Å². The van der Waals surface area contributed by atoms with E-state index < -0.39 is 10.0 Å². The van der Waals surface area contributed by atoms with E-state index in [0.717, 1.165) is 16.5 Å². The smallest absolute Gasteiger partial charge is 0.261 e. The molecule has 8 heteroatoms. The van der Waals surface area contributed by atoms with E-state index in [1.165, 1.54) is 23.5 Å². The maximum atomic E-state index is 12.4. The van der Waals surface area contributed by atoms with Gasteiger partial charge in [0.25, 0.3) is 10.0 Å². The standard InChI is InChI=1S/C16H14ClN3O2S2/c1-11-10-23-16(18-11)19-13-3-2-4-14(9-13)20-24(21,22)15-7-5-12(17)6-8-15/h2-10,20H,1H3,(H,18,19). The molecule has 0 aliphatic heterocycles. The molecule has 0 atom stereocenters. The van der Waals surface area contributed by atoms with Crippen molar-refractivity contribution in [3.05, 3.63) is 64.6 Å². The van der Waals surface area contributed by atoms with Gasteiger partial charge in [0, 0.05) is 16.1 Å². The topological polar surface area (TPSA) is 71.1 Å². The molecule has 0 aliphatic carbocycles. The lowest BCUT2D eigenvalue weighted by Gasteiger charge is -2.10. The number of hydrogen-bond donors (Lipinski definition) is 2. The van der Waals surface area contributed by atoms with Gasteiger partial charge in [0.15, 0.2) is 5.13 Å². The Hall–Kier alpha value is -2.09. The second-order valence-corrected chi connectivity index (χ2v) is 8.04. The number of aromatic nitrogens is 1. The second-order valence-electron chi connectivity index (χ2n) is 5.06. The van der Waals surface area contributed by atoms with Gasteiger partial charge in [-0.05, 0) is 49.4 Å². The Balaban J connectivity index is 1.80. The van der Waals surface area contributed by atoms with Gasteiger partial charge < -0.3 is 5.32 Å². The first kappa shape index (κ1) is 16.8. The van der Waals surface area contributed by atoms with Crippen LogP contribution in [0.4, 0.5) is 16.5 Å². The maximum absolute atomic E-state index is 12.4. The predicted octanol–water partition coefficient (Wildman–Crippen LogP) is 4.65. The third-order valence-electron chi connectivity index (χ3n) is 3.11. The minimum atomic E-state index is -3.67. The molecule has 0 saturated heterocycles. The fourth-order valence-electron chi connectivity index (χ4n) is 2.02. The van der Waals surface area contributed by atoms with Gasteiger partial charge in [-0.2, -0.15) is 0 Å². The number of benzene rings is 2. The summed E-state index contributed by atoms with van der Waals surface area (Å²) >= 11 is 7.28.